The topological polar surface area (TPSA) is 122 Å². The number of rotatable bonds is 13. The van der Waals surface area contributed by atoms with E-state index in [-0.39, 0.29) is 22.9 Å². The highest BCUT2D eigenvalue weighted by molar-refractivity contribution is 7.85. The summed E-state index contributed by atoms with van der Waals surface area (Å²) >= 11 is 0. The van der Waals surface area contributed by atoms with Crippen molar-refractivity contribution < 1.29 is 31.6 Å². The average Bonchev–Trinajstić information content (AvgIpc) is 3.28. The monoisotopic (exact) mass is 619 g/mol. The molecule has 0 aliphatic carbocycles. The minimum absolute atomic E-state index is 0.0696. The van der Waals surface area contributed by atoms with E-state index in [1.807, 2.05) is 22.9 Å². The second-order valence-corrected chi connectivity index (χ2v) is 18.8. The molecule has 1 N–H and O–H groups in total. The van der Waals surface area contributed by atoms with Crippen molar-refractivity contribution in [1.29, 1.82) is 0 Å². The number of hydrogen-bond donors (Lipinski definition) is 1. The van der Waals surface area contributed by atoms with Gasteiger partial charge in [-0.1, -0.05) is 33.8 Å². The number of hydrogen-bond acceptors (Lipinski definition) is 8. The molecule has 3 aromatic rings. The Labute approximate surface area is 250 Å². The van der Waals surface area contributed by atoms with Crippen molar-refractivity contribution in [2.24, 2.45) is 5.92 Å². The summed E-state index contributed by atoms with van der Waals surface area (Å²) in [4.78, 5) is 4.76. The van der Waals surface area contributed by atoms with Crippen LogP contribution in [0.2, 0.25) is 18.1 Å². The van der Waals surface area contributed by atoms with Gasteiger partial charge in [-0.05, 0) is 74.0 Å². The first kappa shape index (κ1) is 32.4. The fourth-order valence-electron chi connectivity index (χ4n) is 4.62. The van der Waals surface area contributed by atoms with Crippen LogP contribution in [0.1, 0.15) is 59.6 Å². The van der Waals surface area contributed by atoms with Crippen molar-refractivity contribution in [3.05, 3.63) is 36.4 Å². The molecule has 1 aliphatic heterocycles. The fraction of sp³-hybridized carbons (Fsp3) is 0.600. The van der Waals surface area contributed by atoms with Crippen LogP contribution in [0.25, 0.3) is 22.3 Å². The van der Waals surface area contributed by atoms with Crippen LogP contribution in [0.3, 0.4) is 0 Å². The molecule has 0 saturated carbocycles. The molecule has 0 spiro atoms. The first-order valence-corrected chi connectivity index (χ1v) is 19.2. The lowest BCUT2D eigenvalue weighted by Gasteiger charge is -2.36. The van der Waals surface area contributed by atoms with E-state index < -0.39 is 18.4 Å². The lowest BCUT2D eigenvalue weighted by Crippen LogP contribution is -2.43. The Morgan fingerprint density at radius 2 is 1.93 bits per heavy atom. The van der Waals surface area contributed by atoms with E-state index in [0.717, 1.165) is 48.2 Å². The number of aromatic nitrogens is 3. The van der Waals surface area contributed by atoms with E-state index in [1.54, 1.807) is 13.0 Å². The maximum atomic E-state index is 11.0. The number of fused-ring (bicyclic) bond motifs is 1. The first-order chi connectivity index (χ1) is 19.7. The lowest BCUT2D eigenvalue weighted by atomic mass is 10.1. The Morgan fingerprint density at radius 1 is 1.14 bits per heavy atom. The highest BCUT2D eigenvalue weighted by Gasteiger charge is 2.39. The van der Waals surface area contributed by atoms with E-state index in [2.05, 4.69) is 46.0 Å². The zero-order valence-electron chi connectivity index (χ0n) is 25.6. The number of pyridine rings is 1. The normalized spacial score (nSPS) is 17.4. The van der Waals surface area contributed by atoms with Crippen LogP contribution >= 0.6 is 0 Å². The molecule has 232 valence electrons. The van der Waals surface area contributed by atoms with E-state index in [9.17, 15) is 8.42 Å². The zero-order valence-corrected chi connectivity index (χ0v) is 27.4. The summed E-state index contributed by atoms with van der Waals surface area (Å²) in [6.07, 6.45) is 3.45. The van der Waals surface area contributed by atoms with Gasteiger partial charge in [0.2, 0.25) is 14.2 Å². The van der Waals surface area contributed by atoms with Crippen LogP contribution < -0.4 is 9.16 Å². The summed E-state index contributed by atoms with van der Waals surface area (Å²) in [6.45, 7) is 14.6. The molecule has 1 fully saturated rings. The third-order valence-electron chi connectivity index (χ3n) is 7.98. The summed E-state index contributed by atoms with van der Waals surface area (Å²) in [6, 6.07) is 11.8. The quantitative estimate of drug-likeness (QED) is 0.130. The molecule has 1 aromatic carbocycles. The molecule has 2 aromatic heterocycles. The van der Waals surface area contributed by atoms with Gasteiger partial charge >= 0.3 is 0 Å². The smallest absolute Gasteiger partial charge is 0.265 e. The van der Waals surface area contributed by atoms with Crippen molar-refractivity contribution >= 4 is 29.3 Å². The van der Waals surface area contributed by atoms with Gasteiger partial charge in [0.05, 0.1) is 23.6 Å². The van der Waals surface area contributed by atoms with E-state index in [4.69, 9.17) is 33.3 Å². The molecule has 12 heteroatoms. The molecule has 0 radical (unpaired) electrons. The molecule has 4 rings (SSSR count). The third-order valence-corrected chi connectivity index (χ3v) is 13.3. The Morgan fingerprint density at radius 3 is 2.62 bits per heavy atom. The first-order valence-electron chi connectivity index (χ1n) is 14.7. The largest absolute Gasteiger partial charge is 0.543 e. The van der Waals surface area contributed by atoms with Gasteiger partial charge in [0.25, 0.3) is 10.1 Å². The van der Waals surface area contributed by atoms with Crippen molar-refractivity contribution in [3.8, 4) is 23.0 Å². The van der Waals surface area contributed by atoms with Gasteiger partial charge in [0.15, 0.2) is 6.23 Å². The summed E-state index contributed by atoms with van der Waals surface area (Å²) in [5.74, 6) is 0.821. The van der Waals surface area contributed by atoms with E-state index in [0.29, 0.717) is 37.8 Å². The molecule has 1 unspecified atom stereocenters. The lowest BCUT2D eigenvalue weighted by molar-refractivity contribution is -0.0365. The SMILES string of the molecule is C[C@H](CCOCCOc1cccc(-c2nn(C3CCCCO3)c3ccc(O[Si](C)(C)C(C)(C)C)cc23)n1)CS(=O)(=O)O. The van der Waals surface area contributed by atoms with Gasteiger partial charge in [-0.15, -0.1) is 0 Å². The van der Waals surface area contributed by atoms with Gasteiger partial charge in [-0.3, -0.25) is 4.55 Å². The second-order valence-electron chi connectivity index (χ2n) is 12.6. The molecule has 0 bridgehead atoms. The standard InChI is InChI=1S/C30H45N3O7SSi/c1-22(21-41(34,35)36)15-17-37-18-19-38-27-11-9-10-25(31-27)29-24-20-23(40-42(5,6)30(2,3)4)13-14-26(24)33(32-29)28-12-7-8-16-39-28/h9-11,13-14,20,22,28H,7-8,12,15-19,21H2,1-6H3,(H,34,35,36)/t22-,28?/m1/s1. The van der Waals surface area contributed by atoms with Crippen molar-refractivity contribution in [3.63, 3.8) is 0 Å². The van der Waals surface area contributed by atoms with Crippen molar-refractivity contribution in [1.82, 2.24) is 14.8 Å². The summed E-state index contributed by atoms with van der Waals surface area (Å²) in [7, 11) is -6.02. The Balaban J connectivity index is 1.51. The van der Waals surface area contributed by atoms with Crippen LogP contribution in [0, 0.1) is 5.92 Å². The molecular weight excluding hydrogens is 574 g/mol. The van der Waals surface area contributed by atoms with Gasteiger partial charge in [-0.2, -0.15) is 13.5 Å². The minimum atomic E-state index is -3.98. The summed E-state index contributed by atoms with van der Waals surface area (Å²) in [5.41, 5.74) is 2.41. The highest BCUT2D eigenvalue weighted by atomic mass is 32.2. The average molecular weight is 620 g/mol. The third kappa shape index (κ3) is 8.53. The summed E-state index contributed by atoms with van der Waals surface area (Å²) < 4.78 is 57.1. The Bertz CT molecular complexity index is 1450. The van der Waals surface area contributed by atoms with Gasteiger partial charge in [-0.25, -0.2) is 9.67 Å². The molecule has 10 nitrogen and oxygen atoms in total. The second kappa shape index (κ2) is 13.4. The Kier molecular flexibility index (Phi) is 10.4. The highest BCUT2D eigenvalue weighted by Crippen LogP contribution is 2.39. The molecule has 0 amide bonds. The minimum Gasteiger partial charge on any atom is -0.543 e. The van der Waals surface area contributed by atoms with Gasteiger partial charge < -0.3 is 18.6 Å². The van der Waals surface area contributed by atoms with Crippen LogP contribution in [0.4, 0.5) is 0 Å². The fourth-order valence-corrected chi connectivity index (χ4v) is 6.53. The number of nitrogens with zero attached hydrogens (tertiary/aromatic N) is 3. The van der Waals surface area contributed by atoms with Gasteiger partial charge in [0, 0.05) is 24.7 Å². The predicted molar refractivity (Wildman–Crippen MR) is 166 cm³/mol. The molecule has 1 saturated heterocycles. The predicted octanol–water partition coefficient (Wildman–Crippen LogP) is 6.49. The zero-order chi connectivity index (χ0) is 30.5. The van der Waals surface area contributed by atoms with Crippen LogP contribution in [-0.4, -0.2) is 68.2 Å². The maximum Gasteiger partial charge on any atom is 0.265 e. The molecule has 42 heavy (non-hydrogen) atoms. The molecule has 1 aliphatic rings. The van der Waals surface area contributed by atoms with Crippen molar-refractivity contribution in [2.45, 2.75) is 77.7 Å². The van der Waals surface area contributed by atoms with Crippen LogP contribution in [0.15, 0.2) is 36.4 Å². The van der Waals surface area contributed by atoms with E-state index >= 15 is 0 Å². The number of benzene rings is 1. The Hall–Kier alpha value is -2.51. The number of ether oxygens (including phenoxy) is 3. The van der Waals surface area contributed by atoms with Gasteiger partial charge in [0.1, 0.15) is 18.1 Å². The molecule has 3 heterocycles. The van der Waals surface area contributed by atoms with Crippen LogP contribution in [0.5, 0.6) is 11.6 Å². The van der Waals surface area contributed by atoms with Crippen LogP contribution in [-0.2, 0) is 19.6 Å². The van der Waals surface area contributed by atoms with E-state index in [1.165, 1.54) is 0 Å². The molecular formula is C30H45N3O7SSi. The summed E-state index contributed by atoms with van der Waals surface area (Å²) in [5, 5.41) is 6.04. The maximum absolute atomic E-state index is 11.0. The van der Waals surface area contributed by atoms with Crippen molar-refractivity contribution in [2.75, 3.05) is 32.2 Å². The molecule has 2 atom stereocenters.